The Morgan fingerprint density at radius 3 is 1.76 bits per heavy atom. The lowest BCUT2D eigenvalue weighted by atomic mass is 10.1. The van der Waals surface area contributed by atoms with E-state index in [1.54, 1.807) is 4.90 Å². The standard InChI is InChI=1S/C21H37NO2.ClH/c1-3-4-5-6-7-8-9-10-11-15-18-22(21(2,23)24)19-20-16-13-12-14-17-20;/h12-14,16-17,23-24H,3-11,15,18-19H2,1-2H3;1H. The van der Waals surface area contributed by atoms with Crippen molar-refractivity contribution in [1.82, 2.24) is 4.90 Å². The molecule has 0 aliphatic carbocycles. The van der Waals surface area contributed by atoms with E-state index in [4.69, 9.17) is 0 Å². The van der Waals surface area contributed by atoms with Crippen LogP contribution in [0.1, 0.15) is 83.6 Å². The second kappa shape index (κ2) is 14.5. The minimum atomic E-state index is -1.75. The van der Waals surface area contributed by atoms with Crippen molar-refractivity contribution in [2.24, 2.45) is 0 Å². The SMILES string of the molecule is CCCCCCCCCCCCN(Cc1ccccc1)C(C)(O)O.Cl. The van der Waals surface area contributed by atoms with Crippen LogP contribution in [0.2, 0.25) is 0 Å². The van der Waals surface area contributed by atoms with Crippen LogP contribution >= 0.6 is 12.4 Å². The van der Waals surface area contributed by atoms with Crippen LogP contribution in [0.15, 0.2) is 30.3 Å². The van der Waals surface area contributed by atoms with Gasteiger partial charge in [0.25, 0.3) is 0 Å². The lowest BCUT2D eigenvalue weighted by Crippen LogP contribution is -2.46. The average molecular weight is 372 g/mol. The Hall–Kier alpha value is -0.610. The maximum Gasteiger partial charge on any atom is 0.222 e. The highest BCUT2D eigenvalue weighted by atomic mass is 35.5. The maximum absolute atomic E-state index is 9.96. The molecule has 0 atom stereocenters. The molecule has 1 aromatic rings. The van der Waals surface area contributed by atoms with Gasteiger partial charge in [-0.3, -0.25) is 0 Å². The molecular formula is C21H38ClNO2. The van der Waals surface area contributed by atoms with Crippen molar-refractivity contribution in [2.45, 2.75) is 90.5 Å². The molecule has 0 heterocycles. The van der Waals surface area contributed by atoms with Crippen LogP contribution in [0.3, 0.4) is 0 Å². The van der Waals surface area contributed by atoms with E-state index in [0.29, 0.717) is 6.54 Å². The molecule has 0 spiro atoms. The van der Waals surface area contributed by atoms with Crippen LogP contribution in [0.25, 0.3) is 0 Å². The summed E-state index contributed by atoms with van der Waals surface area (Å²) in [4.78, 5) is 1.74. The maximum atomic E-state index is 9.96. The summed E-state index contributed by atoms with van der Waals surface area (Å²) in [6, 6.07) is 10.0. The summed E-state index contributed by atoms with van der Waals surface area (Å²) in [5.74, 6) is -1.75. The van der Waals surface area contributed by atoms with Gasteiger partial charge in [-0.25, -0.2) is 4.90 Å². The van der Waals surface area contributed by atoms with Gasteiger partial charge >= 0.3 is 0 Å². The Morgan fingerprint density at radius 2 is 1.28 bits per heavy atom. The first-order valence-electron chi connectivity index (χ1n) is 9.77. The van der Waals surface area contributed by atoms with Gasteiger partial charge in [0.05, 0.1) is 0 Å². The largest absolute Gasteiger partial charge is 0.353 e. The minimum absolute atomic E-state index is 0. The monoisotopic (exact) mass is 371 g/mol. The zero-order chi connectivity index (χ0) is 17.7. The van der Waals surface area contributed by atoms with Gasteiger partial charge in [-0.15, -0.1) is 12.4 Å². The third-order valence-electron chi connectivity index (χ3n) is 4.60. The van der Waals surface area contributed by atoms with Gasteiger partial charge in [-0.1, -0.05) is 95.0 Å². The summed E-state index contributed by atoms with van der Waals surface area (Å²) in [6.45, 7) is 4.99. The lowest BCUT2D eigenvalue weighted by molar-refractivity contribution is -0.254. The topological polar surface area (TPSA) is 43.7 Å². The molecule has 0 aromatic heterocycles. The second-order valence-electron chi connectivity index (χ2n) is 7.06. The Balaban J connectivity index is 0.00000576. The molecule has 0 unspecified atom stereocenters. The molecule has 2 N–H and O–H groups in total. The van der Waals surface area contributed by atoms with Crippen LogP contribution in [0, 0.1) is 0 Å². The molecule has 25 heavy (non-hydrogen) atoms. The summed E-state index contributed by atoms with van der Waals surface area (Å²) < 4.78 is 0. The normalized spacial score (nSPS) is 11.6. The van der Waals surface area contributed by atoms with Crippen molar-refractivity contribution in [1.29, 1.82) is 0 Å². The fourth-order valence-corrected chi connectivity index (χ4v) is 3.03. The van der Waals surface area contributed by atoms with Crippen LogP contribution in [-0.2, 0) is 6.54 Å². The average Bonchev–Trinajstić information content (AvgIpc) is 2.55. The third kappa shape index (κ3) is 12.4. The molecule has 4 heteroatoms. The van der Waals surface area contributed by atoms with Crippen molar-refractivity contribution >= 4 is 12.4 Å². The molecular weight excluding hydrogens is 334 g/mol. The van der Waals surface area contributed by atoms with Crippen molar-refractivity contribution < 1.29 is 10.2 Å². The Morgan fingerprint density at radius 1 is 0.800 bits per heavy atom. The third-order valence-corrected chi connectivity index (χ3v) is 4.60. The van der Waals surface area contributed by atoms with Gasteiger partial charge in [-0.05, 0) is 12.0 Å². The van der Waals surface area contributed by atoms with E-state index in [2.05, 4.69) is 6.92 Å². The first kappa shape index (κ1) is 24.4. The molecule has 0 aliphatic heterocycles. The van der Waals surface area contributed by atoms with Crippen LogP contribution in [0.5, 0.6) is 0 Å². The van der Waals surface area contributed by atoms with Crippen LogP contribution in [0.4, 0.5) is 0 Å². The van der Waals surface area contributed by atoms with Gasteiger partial charge in [0.2, 0.25) is 5.91 Å². The predicted octanol–water partition coefficient (Wildman–Crippen LogP) is 5.49. The number of halogens is 1. The summed E-state index contributed by atoms with van der Waals surface area (Å²) in [7, 11) is 0. The van der Waals surface area contributed by atoms with E-state index in [0.717, 1.165) is 24.9 Å². The fraction of sp³-hybridized carbons (Fsp3) is 0.714. The predicted molar refractivity (Wildman–Crippen MR) is 109 cm³/mol. The number of unbranched alkanes of at least 4 members (excludes halogenated alkanes) is 9. The number of aliphatic hydroxyl groups is 2. The van der Waals surface area contributed by atoms with E-state index in [1.165, 1.54) is 58.3 Å². The molecule has 0 saturated heterocycles. The quantitative estimate of drug-likeness (QED) is 0.335. The van der Waals surface area contributed by atoms with Gasteiger partial charge in [0.1, 0.15) is 0 Å². The molecule has 0 radical (unpaired) electrons. The Labute approximate surface area is 160 Å². The molecule has 0 amide bonds. The number of rotatable bonds is 14. The van der Waals surface area contributed by atoms with E-state index >= 15 is 0 Å². The Kier molecular flexibility index (Phi) is 14.2. The zero-order valence-corrected chi connectivity index (χ0v) is 16.9. The molecule has 146 valence electrons. The number of benzene rings is 1. The number of hydrogen-bond donors (Lipinski definition) is 2. The highest BCUT2D eigenvalue weighted by molar-refractivity contribution is 5.85. The van der Waals surface area contributed by atoms with E-state index < -0.39 is 5.91 Å². The van der Waals surface area contributed by atoms with Gasteiger partial charge in [0.15, 0.2) is 0 Å². The summed E-state index contributed by atoms with van der Waals surface area (Å²) in [6.07, 6.45) is 12.9. The van der Waals surface area contributed by atoms with Crippen molar-refractivity contribution in [3.05, 3.63) is 35.9 Å². The van der Waals surface area contributed by atoms with Crippen molar-refractivity contribution in [2.75, 3.05) is 6.54 Å². The van der Waals surface area contributed by atoms with Crippen LogP contribution < -0.4 is 0 Å². The van der Waals surface area contributed by atoms with Crippen molar-refractivity contribution in [3.63, 3.8) is 0 Å². The Bertz CT molecular complexity index is 406. The molecule has 1 aromatic carbocycles. The van der Waals surface area contributed by atoms with Gasteiger partial charge in [0, 0.05) is 20.0 Å². The van der Waals surface area contributed by atoms with Gasteiger partial charge < -0.3 is 10.2 Å². The summed E-state index contributed by atoms with van der Waals surface area (Å²) >= 11 is 0. The molecule has 0 fully saturated rings. The first-order chi connectivity index (χ1) is 11.5. The fourth-order valence-electron chi connectivity index (χ4n) is 3.03. The minimum Gasteiger partial charge on any atom is -0.353 e. The number of hydrogen-bond acceptors (Lipinski definition) is 3. The summed E-state index contributed by atoms with van der Waals surface area (Å²) in [5, 5.41) is 19.9. The molecule has 0 aliphatic rings. The van der Waals surface area contributed by atoms with Crippen LogP contribution in [-0.4, -0.2) is 27.6 Å². The smallest absolute Gasteiger partial charge is 0.222 e. The van der Waals surface area contributed by atoms with E-state index in [-0.39, 0.29) is 12.4 Å². The lowest BCUT2D eigenvalue weighted by Gasteiger charge is -2.32. The second-order valence-corrected chi connectivity index (χ2v) is 7.06. The molecule has 0 bridgehead atoms. The van der Waals surface area contributed by atoms with E-state index in [9.17, 15) is 10.2 Å². The highest BCUT2D eigenvalue weighted by Crippen LogP contribution is 2.16. The molecule has 3 nitrogen and oxygen atoms in total. The first-order valence-corrected chi connectivity index (χ1v) is 9.77. The highest BCUT2D eigenvalue weighted by Gasteiger charge is 2.25. The van der Waals surface area contributed by atoms with Gasteiger partial charge in [-0.2, -0.15) is 0 Å². The molecule has 0 saturated carbocycles. The zero-order valence-electron chi connectivity index (χ0n) is 16.1. The van der Waals surface area contributed by atoms with Crippen molar-refractivity contribution in [3.8, 4) is 0 Å². The summed E-state index contributed by atoms with van der Waals surface area (Å²) in [5.41, 5.74) is 1.11. The number of nitrogens with zero attached hydrogens (tertiary/aromatic N) is 1. The van der Waals surface area contributed by atoms with E-state index in [1.807, 2.05) is 30.3 Å². The molecule has 1 rings (SSSR count).